The van der Waals surface area contributed by atoms with Gasteiger partial charge in [-0.25, -0.2) is 0 Å². The van der Waals surface area contributed by atoms with Gasteiger partial charge < -0.3 is 0 Å². The minimum atomic E-state index is 0.820. The summed E-state index contributed by atoms with van der Waals surface area (Å²) >= 11 is 0. The fraction of sp³-hybridized carbons (Fsp3) is 0.692. The number of allylic oxidation sites excluding steroid dienone is 3. The molecule has 0 aromatic carbocycles. The van der Waals surface area contributed by atoms with E-state index in [2.05, 4.69) is 26.5 Å². The van der Waals surface area contributed by atoms with E-state index in [9.17, 15) is 0 Å². The second-order valence-corrected chi connectivity index (χ2v) is 4.21. The number of hydrogen-bond acceptors (Lipinski definition) is 0. The van der Waals surface area contributed by atoms with Crippen LogP contribution in [-0.2, 0) is 0 Å². The van der Waals surface area contributed by atoms with Crippen LogP contribution in [0.25, 0.3) is 0 Å². The Bertz CT molecular complexity index is 182. The fourth-order valence-electron chi connectivity index (χ4n) is 2.70. The lowest BCUT2D eigenvalue weighted by atomic mass is 9.83. The van der Waals surface area contributed by atoms with Gasteiger partial charge in [-0.1, -0.05) is 44.1 Å². The van der Waals surface area contributed by atoms with Crippen molar-refractivity contribution in [2.45, 2.75) is 46.0 Å². The molecule has 0 aromatic heterocycles. The molecule has 1 atom stereocenters. The molecule has 0 aliphatic heterocycles. The van der Waals surface area contributed by atoms with Gasteiger partial charge in [0.1, 0.15) is 0 Å². The van der Waals surface area contributed by atoms with Crippen LogP contribution in [-0.4, -0.2) is 0 Å². The van der Waals surface area contributed by atoms with E-state index in [0.717, 1.165) is 11.8 Å². The first-order valence-electron chi connectivity index (χ1n) is 5.58. The molecule has 1 fully saturated rings. The van der Waals surface area contributed by atoms with Crippen molar-refractivity contribution in [2.24, 2.45) is 11.8 Å². The second-order valence-electron chi connectivity index (χ2n) is 4.21. The molecule has 0 heterocycles. The maximum atomic E-state index is 3.77. The van der Waals surface area contributed by atoms with Gasteiger partial charge in [-0.05, 0) is 38.0 Å². The zero-order chi connectivity index (χ0) is 9.68. The van der Waals surface area contributed by atoms with E-state index in [1.54, 1.807) is 0 Å². The molecule has 1 rings (SSSR count). The average molecular weight is 178 g/mol. The summed E-state index contributed by atoms with van der Waals surface area (Å²) in [6, 6.07) is 0. The highest BCUT2D eigenvalue weighted by molar-refractivity contribution is 5.12. The molecule has 1 aliphatic rings. The molecule has 0 spiro atoms. The third kappa shape index (κ3) is 2.72. The standard InChI is InChI=1S/C13H22/c1-4-8-11(3)13(5-2)12-9-6-7-10-12/h4,8,12-13H,1,5-7,9-10H2,2-3H3. The molecule has 0 heteroatoms. The topological polar surface area (TPSA) is 0 Å². The van der Waals surface area contributed by atoms with Crippen molar-refractivity contribution < 1.29 is 0 Å². The lowest BCUT2D eigenvalue weighted by Crippen LogP contribution is -2.11. The first-order valence-corrected chi connectivity index (χ1v) is 5.58. The second kappa shape index (κ2) is 5.26. The van der Waals surface area contributed by atoms with Crippen LogP contribution in [0.4, 0.5) is 0 Å². The van der Waals surface area contributed by atoms with Crippen molar-refractivity contribution in [1.29, 1.82) is 0 Å². The quantitative estimate of drug-likeness (QED) is 0.562. The summed E-state index contributed by atoms with van der Waals surface area (Å²) in [4.78, 5) is 0. The van der Waals surface area contributed by atoms with Crippen molar-refractivity contribution >= 4 is 0 Å². The summed E-state index contributed by atoms with van der Waals surface area (Å²) in [6.45, 7) is 8.33. The molecule has 1 unspecified atom stereocenters. The van der Waals surface area contributed by atoms with Crippen molar-refractivity contribution in [3.63, 3.8) is 0 Å². The SMILES string of the molecule is C=CC=C(C)C(CC)C1CCCC1. The Morgan fingerprint density at radius 1 is 1.46 bits per heavy atom. The smallest absolute Gasteiger partial charge is 0.0177 e. The summed E-state index contributed by atoms with van der Waals surface area (Å²) in [7, 11) is 0. The van der Waals surface area contributed by atoms with Crippen LogP contribution >= 0.6 is 0 Å². The summed E-state index contributed by atoms with van der Waals surface area (Å²) in [5, 5.41) is 0. The minimum Gasteiger partial charge on any atom is -0.0991 e. The predicted octanol–water partition coefficient (Wildman–Crippen LogP) is 4.34. The van der Waals surface area contributed by atoms with Gasteiger partial charge in [-0.3, -0.25) is 0 Å². The van der Waals surface area contributed by atoms with Crippen molar-refractivity contribution in [3.05, 3.63) is 24.3 Å². The molecule has 0 saturated heterocycles. The van der Waals surface area contributed by atoms with Gasteiger partial charge in [0.05, 0.1) is 0 Å². The molecule has 0 N–H and O–H groups in total. The molecule has 0 aromatic rings. The molecule has 13 heavy (non-hydrogen) atoms. The van der Waals surface area contributed by atoms with Gasteiger partial charge in [0.25, 0.3) is 0 Å². The largest absolute Gasteiger partial charge is 0.0991 e. The minimum absolute atomic E-state index is 0.820. The Kier molecular flexibility index (Phi) is 4.27. The summed E-state index contributed by atoms with van der Waals surface area (Å²) in [5.74, 6) is 1.78. The molecule has 1 saturated carbocycles. The maximum absolute atomic E-state index is 3.77. The third-order valence-corrected chi connectivity index (χ3v) is 3.37. The van der Waals surface area contributed by atoms with E-state index < -0.39 is 0 Å². The Balaban J connectivity index is 2.59. The zero-order valence-electron chi connectivity index (χ0n) is 9.05. The molecule has 0 nitrogen and oxygen atoms in total. The fourth-order valence-corrected chi connectivity index (χ4v) is 2.70. The van der Waals surface area contributed by atoms with E-state index in [1.165, 1.54) is 37.7 Å². The Morgan fingerprint density at radius 2 is 2.08 bits per heavy atom. The van der Waals surface area contributed by atoms with E-state index >= 15 is 0 Å². The Labute approximate surface area is 82.7 Å². The highest BCUT2D eigenvalue weighted by Crippen LogP contribution is 2.36. The monoisotopic (exact) mass is 178 g/mol. The van der Waals surface area contributed by atoms with E-state index in [0.29, 0.717) is 0 Å². The van der Waals surface area contributed by atoms with Crippen LogP contribution in [0, 0.1) is 11.8 Å². The average Bonchev–Trinajstić information content (AvgIpc) is 2.59. The van der Waals surface area contributed by atoms with Gasteiger partial charge in [0.15, 0.2) is 0 Å². The summed E-state index contributed by atoms with van der Waals surface area (Å²) in [5.41, 5.74) is 1.53. The van der Waals surface area contributed by atoms with E-state index in [-0.39, 0.29) is 0 Å². The Hall–Kier alpha value is -0.520. The lowest BCUT2D eigenvalue weighted by molar-refractivity contribution is 0.377. The van der Waals surface area contributed by atoms with Crippen LogP contribution in [0.5, 0.6) is 0 Å². The van der Waals surface area contributed by atoms with Gasteiger partial charge >= 0.3 is 0 Å². The number of rotatable bonds is 4. The summed E-state index contributed by atoms with van der Waals surface area (Å²) < 4.78 is 0. The van der Waals surface area contributed by atoms with Crippen LogP contribution < -0.4 is 0 Å². The van der Waals surface area contributed by atoms with Crippen molar-refractivity contribution in [1.82, 2.24) is 0 Å². The molecular formula is C13H22. The zero-order valence-corrected chi connectivity index (χ0v) is 9.05. The Morgan fingerprint density at radius 3 is 2.54 bits per heavy atom. The third-order valence-electron chi connectivity index (χ3n) is 3.37. The summed E-state index contributed by atoms with van der Waals surface area (Å²) in [6.07, 6.45) is 11.2. The van der Waals surface area contributed by atoms with E-state index in [4.69, 9.17) is 0 Å². The van der Waals surface area contributed by atoms with Crippen LogP contribution in [0.15, 0.2) is 24.3 Å². The molecule has 1 aliphatic carbocycles. The molecule has 0 bridgehead atoms. The highest BCUT2D eigenvalue weighted by atomic mass is 14.3. The predicted molar refractivity (Wildman–Crippen MR) is 59.7 cm³/mol. The van der Waals surface area contributed by atoms with Crippen LogP contribution in [0.3, 0.4) is 0 Å². The van der Waals surface area contributed by atoms with Gasteiger partial charge in [-0.2, -0.15) is 0 Å². The van der Waals surface area contributed by atoms with Gasteiger partial charge in [0, 0.05) is 0 Å². The lowest BCUT2D eigenvalue weighted by Gasteiger charge is -2.22. The highest BCUT2D eigenvalue weighted by Gasteiger charge is 2.24. The van der Waals surface area contributed by atoms with Gasteiger partial charge in [-0.15, -0.1) is 0 Å². The number of hydrogen-bond donors (Lipinski definition) is 0. The molecule has 0 amide bonds. The first kappa shape index (κ1) is 10.6. The first-order chi connectivity index (χ1) is 6.29. The van der Waals surface area contributed by atoms with Gasteiger partial charge in [0.2, 0.25) is 0 Å². The molecular weight excluding hydrogens is 156 g/mol. The molecule has 74 valence electrons. The molecule has 0 radical (unpaired) electrons. The van der Waals surface area contributed by atoms with Crippen LogP contribution in [0.1, 0.15) is 46.0 Å². The van der Waals surface area contributed by atoms with Crippen molar-refractivity contribution in [3.8, 4) is 0 Å². The normalized spacial score (nSPS) is 21.8. The van der Waals surface area contributed by atoms with E-state index in [1.807, 2.05) is 6.08 Å². The van der Waals surface area contributed by atoms with Crippen molar-refractivity contribution in [2.75, 3.05) is 0 Å². The van der Waals surface area contributed by atoms with Crippen LogP contribution in [0.2, 0.25) is 0 Å². The maximum Gasteiger partial charge on any atom is -0.0177 e.